The fraction of sp³-hybridized carbons (Fsp3) is 0.462. The van der Waals surface area contributed by atoms with Gasteiger partial charge in [-0.25, -0.2) is 4.79 Å². The Labute approximate surface area is 190 Å². The number of thioether (sulfide) groups is 1. The lowest BCUT2D eigenvalue weighted by Crippen LogP contribution is -2.47. The highest BCUT2D eigenvalue weighted by atomic mass is 32.2. The number of nitrogens with zero attached hydrogens (tertiary/aromatic N) is 1. The molecule has 0 spiro atoms. The molecule has 166 valence electrons. The fourth-order valence-electron chi connectivity index (χ4n) is 3.67. The number of hydrogen-bond donors (Lipinski definition) is 0. The first-order valence-corrected chi connectivity index (χ1v) is 12.1. The van der Waals surface area contributed by atoms with E-state index >= 15 is 0 Å². The zero-order valence-electron chi connectivity index (χ0n) is 19.0. The lowest BCUT2D eigenvalue weighted by atomic mass is 9.86. The summed E-state index contributed by atoms with van der Waals surface area (Å²) in [7, 11) is 0. The van der Waals surface area contributed by atoms with Crippen LogP contribution < -0.4 is 0 Å². The summed E-state index contributed by atoms with van der Waals surface area (Å²) < 4.78 is 5.50. The summed E-state index contributed by atoms with van der Waals surface area (Å²) in [6.45, 7) is 8.92. The summed E-state index contributed by atoms with van der Waals surface area (Å²) in [5.41, 5.74) is 2.96. The molecule has 0 saturated carbocycles. The highest BCUT2D eigenvalue weighted by molar-refractivity contribution is 8.00. The first-order chi connectivity index (χ1) is 14.8. The second kappa shape index (κ2) is 10.4. The number of amides is 1. The number of unbranched alkanes of at least 4 members (excludes halogenated alkanes) is 1. The lowest BCUT2D eigenvalue weighted by molar-refractivity contribution is -0.148. The van der Waals surface area contributed by atoms with Crippen LogP contribution in [0.15, 0.2) is 54.6 Å². The second-order valence-corrected chi connectivity index (χ2v) is 10.3. The summed E-state index contributed by atoms with van der Waals surface area (Å²) in [6.07, 6.45) is 2.50. The molecule has 0 aliphatic carbocycles. The average Bonchev–Trinajstić information content (AvgIpc) is 3.17. The minimum atomic E-state index is -0.551. The molecule has 2 aromatic carbocycles. The van der Waals surface area contributed by atoms with Gasteiger partial charge in [0.05, 0.1) is 12.0 Å². The number of hydrogen-bond acceptors (Lipinski definition) is 4. The van der Waals surface area contributed by atoms with Crippen molar-refractivity contribution >= 4 is 23.6 Å². The lowest BCUT2D eigenvalue weighted by Gasteiger charge is -2.29. The van der Waals surface area contributed by atoms with E-state index in [1.54, 1.807) is 16.7 Å². The highest BCUT2D eigenvalue weighted by Crippen LogP contribution is 2.34. The van der Waals surface area contributed by atoms with Gasteiger partial charge in [0.1, 0.15) is 6.04 Å². The van der Waals surface area contributed by atoms with E-state index in [4.69, 9.17) is 4.74 Å². The van der Waals surface area contributed by atoms with E-state index < -0.39 is 6.04 Å². The average molecular weight is 440 g/mol. The van der Waals surface area contributed by atoms with Crippen LogP contribution in [0, 0.1) is 0 Å². The summed E-state index contributed by atoms with van der Waals surface area (Å²) in [5, 5.41) is -0.0964. The van der Waals surface area contributed by atoms with Crippen LogP contribution in [0.3, 0.4) is 0 Å². The van der Waals surface area contributed by atoms with Crippen LogP contribution in [0.5, 0.6) is 0 Å². The van der Waals surface area contributed by atoms with Gasteiger partial charge in [-0.15, -0.1) is 11.8 Å². The van der Waals surface area contributed by atoms with Crippen molar-refractivity contribution in [1.29, 1.82) is 0 Å². The minimum Gasteiger partial charge on any atom is -0.464 e. The molecule has 1 heterocycles. The van der Waals surface area contributed by atoms with E-state index in [0.717, 1.165) is 18.4 Å². The monoisotopic (exact) mass is 439 g/mol. The molecule has 3 rings (SSSR count). The van der Waals surface area contributed by atoms with Crippen molar-refractivity contribution in [3.63, 3.8) is 0 Å². The SMILES string of the molecule is CCCCOC(=O)C1CSC(Cc2ccccc2)N1C(=O)c1ccc(C(C)(C)C)cc1. The molecule has 1 aliphatic heterocycles. The Kier molecular flexibility index (Phi) is 7.82. The van der Waals surface area contributed by atoms with Crippen molar-refractivity contribution in [3.05, 3.63) is 71.3 Å². The molecular formula is C26H33NO3S. The topological polar surface area (TPSA) is 46.6 Å². The first-order valence-electron chi connectivity index (χ1n) is 11.1. The zero-order valence-corrected chi connectivity index (χ0v) is 19.8. The van der Waals surface area contributed by atoms with Gasteiger partial charge in [-0.2, -0.15) is 0 Å². The van der Waals surface area contributed by atoms with Gasteiger partial charge in [-0.3, -0.25) is 4.79 Å². The van der Waals surface area contributed by atoms with Gasteiger partial charge in [0.2, 0.25) is 0 Å². The molecule has 0 radical (unpaired) electrons. The summed E-state index contributed by atoms with van der Waals surface area (Å²) in [4.78, 5) is 28.1. The molecule has 1 saturated heterocycles. The molecule has 2 aromatic rings. The van der Waals surface area contributed by atoms with Crippen molar-refractivity contribution in [3.8, 4) is 0 Å². The predicted octanol–water partition coefficient (Wildman–Crippen LogP) is 5.45. The van der Waals surface area contributed by atoms with E-state index in [9.17, 15) is 9.59 Å². The third-order valence-corrected chi connectivity index (χ3v) is 6.88. The number of carbonyl (C=O) groups excluding carboxylic acids is 2. The van der Waals surface area contributed by atoms with Gasteiger partial charge in [-0.1, -0.05) is 76.6 Å². The van der Waals surface area contributed by atoms with Crippen molar-refractivity contribution < 1.29 is 14.3 Å². The number of benzene rings is 2. The highest BCUT2D eigenvalue weighted by Gasteiger charge is 2.42. The molecule has 2 atom stereocenters. The standard InChI is InChI=1S/C26H33NO3S/c1-5-6-16-30-25(29)22-18-31-23(17-19-10-8-7-9-11-19)27(22)24(28)20-12-14-21(15-13-20)26(2,3)4/h7-15,22-23H,5-6,16-18H2,1-4H3. The van der Waals surface area contributed by atoms with E-state index in [1.807, 2.05) is 42.5 Å². The van der Waals surface area contributed by atoms with Crippen LogP contribution >= 0.6 is 11.8 Å². The van der Waals surface area contributed by atoms with E-state index in [0.29, 0.717) is 24.3 Å². The fourth-order valence-corrected chi connectivity index (χ4v) is 5.08. The van der Waals surface area contributed by atoms with Crippen LogP contribution in [0.4, 0.5) is 0 Å². The first kappa shape index (κ1) is 23.4. The summed E-state index contributed by atoms with van der Waals surface area (Å²) >= 11 is 1.66. The molecule has 5 heteroatoms. The number of rotatable bonds is 7. The Morgan fingerprint density at radius 3 is 2.35 bits per heavy atom. The van der Waals surface area contributed by atoms with Crippen molar-refractivity contribution in [2.45, 2.75) is 63.8 Å². The van der Waals surface area contributed by atoms with E-state index in [-0.39, 0.29) is 22.7 Å². The number of esters is 1. The van der Waals surface area contributed by atoms with Gasteiger partial charge in [0.15, 0.2) is 0 Å². The minimum absolute atomic E-state index is 0.0204. The number of ether oxygens (including phenoxy) is 1. The Morgan fingerprint density at radius 2 is 1.74 bits per heavy atom. The molecule has 0 N–H and O–H groups in total. The Bertz CT molecular complexity index is 874. The van der Waals surface area contributed by atoms with Gasteiger partial charge < -0.3 is 9.64 Å². The van der Waals surface area contributed by atoms with Crippen LogP contribution in [0.2, 0.25) is 0 Å². The van der Waals surface area contributed by atoms with Gasteiger partial charge in [0, 0.05) is 17.7 Å². The van der Waals surface area contributed by atoms with Crippen LogP contribution in [0.1, 0.15) is 62.0 Å². The van der Waals surface area contributed by atoms with Gasteiger partial charge in [0.25, 0.3) is 5.91 Å². The molecule has 0 bridgehead atoms. The van der Waals surface area contributed by atoms with E-state index in [1.165, 1.54) is 5.56 Å². The summed E-state index contributed by atoms with van der Waals surface area (Å²) in [5.74, 6) is 0.161. The molecule has 2 unspecified atom stereocenters. The van der Waals surface area contributed by atoms with Crippen LogP contribution in [0.25, 0.3) is 0 Å². The van der Waals surface area contributed by atoms with Crippen LogP contribution in [-0.4, -0.2) is 40.6 Å². The second-order valence-electron chi connectivity index (χ2n) is 9.05. The quantitative estimate of drug-likeness (QED) is 0.425. The Hall–Kier alpha value is -2.27. The maximum atomic E-state index is 13.6. The zero-order chi connectivity index (χ0) is 22.4. The number of carbonyl (C=O) groups is 2. The van der Waals surface area contributed by atoms with Gasteiger partial charge in [-0.05, 0) is 35.1 Å². The third kappa shape index (κ3) is 5.91. The third-order valence-electron chi connectivity index (χ3n) is 5.59. The smallest absolute Gasteiger partial charge is 0.329 e. The normalized spacial score (nSPS) is 18.8. The molecule has 1 aliphatic rings. The summed E-state index contributed by atoms with van der Waals surface area (Å²) in [6, 6.07) is 17.3. The molecule has 4 nitrogen and oxygen atoms in total. The largest absolute Gasteiger partial charge is 0.464 e. The molecule has 1 amide bonds. The molecular weight excluding hydrogens is 406 g/mol. The van der Waals surface area contributed by atoms with Crippen molar-refractivity contribution in [1.82, 2.24) is 4.90 Å². The Morgan fingerprint density at radius 1 is 1.06 bits per heavy atom. The molecule has 1 fully saturated rings. The van der Waals surface area contributed by atoms with Crippen molar-refractivity contribution in [2.75, 3.05) is 12.4 Å². The Balaban J connectivity index is 1.84. The molecule has 0 aromatic heterocycles. The molecule has 31 heavy (non-hydrogen) atoms. The van der Waals surface area contributed by atoms with Gasteiger partial charge >= 0.3 is 5.97 Å². The maximum absolute atomic E-state index is 13.6. The maximum Gasteiger partial charge on any atom is 0.329 e. The predicted molar refractivity (Wildman–Crippen MR) is 127 cm³/mol. The van der Waals surface area contributed by atoms with Crippen LogP contribution in [-0.2, 0) is 21.4 Å². The van der Waals surface area contributed by atoms with E-state index in [2.05, 4.69) is 39.8 Å². The van der Waals surface area contributed by atoms with Crippen molar-refractivity contribution in [2.24, 2.45) is 0 Å².